The van der Waals surface area contributed by atoms with E-state index in [1.807, 2.05) is 0 Å². The van der Waals surface area contributed by atoms with Crippen molar-refractivity contribution in [2.24, 2.45) is 0 Å². The summed E-state index contributed by atoms with van der Waals surface area (Å²) in [5, 5.41) is 2.78. The number of hydrogen-bond donors (Lipinski definition) is 1. The van der Waals surface area contributed by atoms with E-state index in [-0.39, 0.29) is 33.7 Å². The molecule has 0 aromatic heterocycles. The Labute approximate surface area is 207 Å². The highest BCUT2D eigenvalue weighted by molar-refractivity contribution is 7.92. The summed E-state index contributed by atoms with van der Waals surface area (Å²) in [5.41, 5.74) is 0.410. The molecule has 33 heavy (non-hydrogen) atoms. The number of sulfonamides is 1. The van der Waals surface area contributed by atoms with Crippen LogP contribution in [0.25, 0.3) is 0 Å². The molecule has 0 saturated carbocycles. The van der Waals surface area contributed by atoms with E-state index < -0.39 is 40.2 Å². The third-order valence-corrected chi connectivity index (χ3v) is 7.03. The zero-order valence-electron chi connectivity index (χ0n) is 18.1. The number of nitrogens with zero attached hydrogens (tertiary/aromatic N) is 2. The second kappa shape index (κ2) is 11.4. The number of likely N-dealkylation sites (N-methyl/N-ethyl adjacent to an activating group) is 1. The van der Waals surface area contributed by atoms with Gasteiger partial charge in [-0.05, 0) is 36.8 Å². The van der Waals surface area contributed by atoms with E-state index in [0.717, 1.165) is 22.7 Å². The van der Waals surface area contributed by atoms with Crippen LogP contribution in [0.5, 0.6) is 0 Å². The molecular formula is C21H23Cl3FN3O4S. The van der Waals surface area contributed by atoms with Crippen LogP contribution in [0.2, 0.25) is 15.1 Å². The first-order valence-corrected chi connectivity index (χ1v) is 12.8. The molecule has 1 N–H and O–H groups in total. The first-order chi connectivity index (χ1) is 15.4. The number of carbonyl (C=O) groups is 2. The number of amides is 2. The lowest BCUT2D eigenvalue weighted by Crippen LogP contribution is -2.51. The molecule has 0 radical (unpaired) electrons. The van der Waals surface area contributed by atoms with E-state index in [4.69, 9.17) is 34.8 Å². The van der Waals surface area contributed by atoms with Gasteiger partial charge in [0.2, 0.25) is 21.8 Å². The molecule has 0 fully saturated rings. The second-order valence-corrected chi connectivity index (χ2v) is 10.3. The summed E-state index contributed by atoms with van der Waals surface area (Å²) in [7, 11) is -2.54. The number of hydrogen-bond acceptors (Lipinski definition) is 4. The molecule has 0 spiro atoms. The highest BCUT2D eigenvalue weighted by Gasteiger charge is 2.32. The van der Waals surface area contributed by atoms with Crippen molar-refractivity contribution in [2.45, 2.75) is 25.9 Å². The Morgan fingerprint density at radius 1 is 1.09 bits per heavy atom. The predicted octanol–water partition coefficient (Wildman–Crippen LogP) is 4.11. The third-order valence-electron chi connectivity index (χ3n) is 4.89. The number of halogens is 4. The van der Waals surface area contributed by atoms with Crippen LogP contribution in [-0.2, 0) is 26.2 Å². The molecule has 2 aromatic carbocycles. The minimum Gasteiger partial charge on any atom is -0.357 e. The maximum Gasteiger partial charge on any atom is 0.244 e. The Balaban J connectivity index is 2.51. The first-order valence-electron chi connectivity index (χ1n) is 9.77. The molecule has 2 aromatic rings. The molecule has 0 aliphatic heterocycles. The fourth-order valence-electron chi connectivity index (χ4n) is 3.19. The first kappa shape index (κ1) is 27.2. The normalized spacial score (nSPS) is 12.2. The van der Waals surface area contributed by atoms with Gasteiger partial charge in [-0.1, -0.05) is 47.8 Å². The molecular weight excluding hydrogens is 516 g/mol. The predicted molar refractivity (Wildman–Crippen MR) is 129 cm³/mol. The SMILES string of the molecule is CC[C@@H](C(=O)NC)N(Cc1c(Cl)cccc1Cl)C(=O)CN(c1ccc(F)c(Cl)c1)S(C)(=O)=O. The zero-order valence-corrected chi connectivity index (χ0v) is 21.2. The minimum absolute atomic E-state index is 0.000896. The van der Waals surface area contributed by atoms with Gasteiger partial charge in [0, 0.05) is 29.2 Å². The molecule has 12 heteroatoms. The van der Waals surface area contributed by atoms with Crippen molar-refractivity contribution in [3.8, 4) is 0 Å². The van der Waals surface area contributed by atoms with Gasteiger partial charge < -0.3 is 10.2 Å². The Morgan fingerprint density at radius 3 is 2.18 bits per heavy atom. The highest BCUT2D eigenvalue weighted by atomic mass is 35.5. The molecule has 0 unspecified atom stereocenters. The third kappa shape index (κ3) is 6.72. The quantitative estimate of drug-likeness (QED) is 0.521. The fourth-order valence-corrected chi connectivity index (χ4v) is 4.73. The van der Waals surface area contributed by atoms with Crippen LogP contribution in [0.1, 0.15) is 18.9 Å². The molecule has 0 saturated heterocycles. The van der Waals surface area contributed by atoms with Gasteiger partial charge in [-0.3, -0.25) is 13.9 Å². The highest BCUT2D eigenvalue weighted by Crippen LogP contribution is 2.28. The van der Waals surface area contributed by atoms with Crippen LogP contribution < -0.4 is 9.62 Å². The van der Waals surface area contributed by atoms with Crippen molar-refractivity contribution in [3.05, 3.63) is 62.8 Å². The van der Waals surface area contributed by atoms with Gasteiger partial charge in [0.15, 0.2) is 0 Å². The Hall–Kier alpha value is -2.07. The summed E-state index contributed by atoms with van der Waals surface area (Å²) < 4.78 is 39.4. The van der Waals surface area contributed by atoms with Crippen molar-refractivity contribution in [1.29, 1.82) is 0 Å². The second-order valence-electron chi connectivity index (χ2n) is 7.13. The monoisotopic (exact) mass is 537 g/mol. The van der Waals surface area contributed by atoms with Gasteiger partial charge in [-0.15, -0.1) is 0 Å². The molecule has 0 aliphatic rings. The van der Waals surface area contributed by atoms with Crippen molar-refractivity contribution < 1.29 is 22.4 Å². The van der Waals surface area contributed by atoms with Crippen LogP contribution in [0.3, 0.4) is 0 Å². The van der Waals surface area contributed by atoms with E-state index in [0.29, 0.717) is 5.56 Å². The molecule has 1 atom stereocenters. The lowest BCUT2D eigenvalue weighted by molar-refractivity contribution is -0.140. The van der Waals surface area contributed by atoms with Crippen molar-refractivity contribution in [3.63, 3.8) is 0 Å². The van der Waals surface area contributed by atoms with Gasteiger partial charge in [0.25, 0.3) is 0 Å². The topological polar surface area (TPSA) is 86.8 Å². The van der Waals surface area contributed by atoms with E-state index in [1.165, 1.54) is 18.0 Å². The maximum absolute atomic E-state index is 13.6. The summed E-state index contributed by atoms with van der Waals surface area (Å²) in [6, 6.07) is 7.21. The molecule has 2 amide bonds. The van der Waals surface area contributed by atoms with Crippen LogP contribution in [0, 0.1) is 5.82 Å². The lowest BCUT2D eigenvalue weighted by atomic mass is 10.1. The van der Waals surface area contributed by atoms with Crippen LogP contribution in [-0.4, -0.2) is 51.0 Å². The average molecular weight is 539 g/mol. The summed E-state index contributed by atoms with van der Waals surface area (Å²) in [5.74, 6) is -1.86. The fraction of sp³-hybridized carbons (Fsp3) is 0.333. The standard InChI is InChI=1S/C21H23Cl3FN3O4S/c1-4-19(21(30)26-2)27(11-14-15(22)6-5-7-16(14)23)20(29)12-28(33(3,31)32)13-8-9-18(25)17(24)10-13/h5-10,19H,4,11-12H2,1-3H3,(H,26,30)/t19-/m0/s1. The number of carbonyl (C=O) groups excluding carboxylic acids is 2. The van der Waals surface area contributed by atoms with Crippen LogP contribution in [0.4, 0.5) is 10.1 Å². The van der Waals surface area contributed by atoms with E-state index in [2.05, 4.69) is 5.32 Å². The van der Waals surface area contributed by atoms with Gasteiger partial charge in [-0.2, -0.15) is 0 Å². The molecule has 2 rings (SSSR count). The van der Waals surface area contributed by atoms with Crippen molar-refractivity contribution in [2.75, 3.05) is 24.2 Å². The Kier molecular flexibility index (Phi) is 9.37. The van der Waals surface area contributed by atoms with Gasteiger partial charge in [-0.25, -0.2) is 12.8 Å². The van der Waals surface area contributed by atoms with Crippen molar-refractivity contribution >= 4 is 62.3 Å². The zero-order chi connectivity index (χ0) is 24.9. The average Bonchev–Trinajstić information content (AvgIpc) is 2.74. The molecule has 0 heterocycles. The smallest absolute Gasteiger partial charge is 0.244 e. The van der Waals surface area contributed by atoms with Gasteiger partial charge >= 0.3 is 0 Å². The molecule has 0 bridgehead atoms. The molecule has 0 aliphatic carbocycles. The minimum atomic E-state index is -3.97. The van der Waals surface area contributed by atoms with E-state index in [9.17, 15) is 22.4 Å². The Morgan fingerprint density at radius 2 is 1.70 bits per heavy atom. The number of anilines is 1. The summed E-state index contributed by atoms with van der Waals surface area (Å²) in [6.07, 6.45) is 1.15. The van der Waals surface area contributed by atoms with E-state index in [1.54, 1.807) is 25.1 Å². The maximum atomic E-state index is 13.6. The van der Waals surface area contributed by atoms with Gasteiger partial charge in [0.1, 0.15) is 18.4 Å². The summed E-state index contributed by atoms with van der Waals surface area (Å²) in [6.45, 7) is 0.921. The number of rotatable bonds is 9. The largest absolute Gasteiger partial charge is 0.357 e. The van der Waals surface area contributed by atoms with Crippen LogP contribution in [0.15, 0.2) is 36.4 Å². The number of benzene rings is 2. The number of nitrogens with one attached hydrogen (secondary N) is 1. The summed E-state index contributed by atoms with van der Waals surface area (Å²) in [4.78, 5) is 27.2. The molecule has 180 valence electrons. The van der Waals surface area contributed by atoms with Gasteiger partial charge in [0.05, 0.1) is 17.0 Å². The lowest BCUT2D eigenvalue weighted by Gasteiger charge is -2.33. The van der Waals surface area contributed by atoms with E-state index >= 15 is 0 Å². The summed E-state index contributed by atoms with van der Waals surface area (Å²) >= 11 is 18.3. The Bertz CT molecular complexity index is 1130. The van der Waals surface area contributed by atoms with Crippen LogP contribution >= 0.6 is 34.8 Å². The van der Waals surface area contributed by atoms with Crippen molar-refractivity contribution in [1.82, 2.24) is 10.2 Å². The molecule has 7 nitrogen and oxygen atoms in total.